The highest BCUT2D eigenvalue weighted by Gasteiger charge is 2.05. The molecule has 0 heterocycles. The smallest absolute Gasteiger partial charge is 0.213 e. The molecule has 6 heteroatoms. The normalized spacial score (nSPS) is 11.4. The van der Waals surface area contributed by atoms with E-state index in [9.17, 15) is 12.8 Å². The number of primary sulfonamides is 1. The van der Waals surface area contributed by atoms with Gasteiger partial charge < -0.3 is 5.32 Å². The van der Waals surface area contributed by atoms with E-state index in [2.05, 4.69) is 5.32 Å². The van der Waals surface area contributed by atoms with Gasteiger partial charge in [-0.3, -0.25) is 0 Å². The number of hydrogen-bond donors (Lipinski definition) is 2. The average Bonchev–Trinajstić information content (AvgIpc) is 2.40. The third-order valence-corrected chi connectivity index (χ3v) is 3.85. The van der Waals surface area contributed by atoms with Crippen molar-refractivity contribution in [2.24, 2.45) is 5.14 Å². The first-order valence-electron chi connectivity index (χ1n) is 6.42. The van der Waals surface area contributed by atoms with Gasteiger partial charge in [-0.25, -0.2) is 17.9 Å². The summed E-state index contributed by atoms with van der Waals surface area (Å²) in [4.78, 5) is 0. The summed E-state index contributed by atoms with van der Waals surface area (Å²) in [5.41, 5.74) is 3.35. The Bertz CT molecular complexity index is 728. The molecule has 0 saturated heterocycles. The Morgan fingerprint density at radius 1 is 1.14 bits per heavy atom. The monoisotopic (exact) mass is 308 g/mol. The summed E-state index contributed by atoms with van der Waals surface area (Å²) in [6.45, 7) is 2.42. The van der Waals surface area contributed by atoms with Crippen LogP contribution in [0.3, 0.4) is 0 Å². The van der Waals surface area contributed by atoms with Gasteiger partial charge in [0.25, 0.3) is 0 Å². The van der Waals surface area contributed by atoms with E-state index >= 15 is 0 Å². The predicted octanol–water partition coefficient (Wildman–Crippen LogP) is 2.53. The van der Waals surface area contributed by atoms with Crippen LogP contribution in [0.1, 0.15) is 16.7 Å². The lowest BCUT2D eigenvalue weighted by Crippen LogP contribution is -2.14. The Balaban J connectivity index is 2.02. The number of halogens is 1. The summed E-state index contributed by atoms with van der Waals surface area (Å²) < 4.78 is 35.2. The second kappa shape index (κ2) is 6.24. The number of benzene rings is 2. The molecule has 112 valence electrons. The zero-order valence-corrected chi connectivity index (χ0v) is 12.5. The second-order valence-corrected chi connectivity index (χ2v) is 6.54. The van der Waals surface area contributed by atoms with E-state index < -0.39 is 10.0 Å². The van der Waals surface area contributed by atoms with Crippen molar-refractivity contribution in [1.29, 1.82) is 0 Å². The highest BCUT2D eigenvalue weighted by Crippen LogP contribution is 2.15. The summed E-state index contributed by atoms with van der Waals surface area (Å²) in [7, 11) is -3.52. The van der Waals surface area contributed by atoms with Gasteiger partial charge in [0.2, 0.25) is 10.0 Å². The zero-order chi connectivity index (χ0) is 15.5. The summed E-state index contributed by atoms with van der Waals surface area (Å²) in [6, 6.07) is 11.6. The molecule has 0 spiro atoms. The van der Waals surface area contributed by atoms with Crippen molar-refractivity contribution in [3.05, 3.63) is 65.0 Å². The topological polar surface area (TPSA) is 72.2 Å². The number of aryl methyl sites for hydroxylation is 1. The lowest BCUT2D eigenvalue weighted by molar-refractivity contribution is 0.597. The van der Waals surface area contributed by atoms with E-state index in [0.717, 1.165) is 16.8 Å². The molecule has 0 aromatic heterocycles. The third-order valence-electron chi connectivity index (χ3n) is 3.12. The van der Waals surface area contributed by atoms with E-state index in [1.165, 1.54) is 12.1 Å². The van der Waals surface area contributed by atoms with Crippen LogP contribution in [0, 0.1) is 12.7 Å². The molecular weight excluding hydrogens is 291 g/mol. The molecule has 0 radical (unpaired) electrons. The Morgan fingerprint density at radius 3 is 2.43 bits per heavy atom. The van der Waals surface area contributed by atoms with Crippen LogP contribution in [-0.4, -0.2) is 8.42 Å². The molecule has 2 aromatic rings. The fraction of sp³-hybridized carbons (Fsp3) is 0.200. The molecule has 2 aromatic carbocycles. The van der Waals surface area contributed by atoms with Crippen molar-refractivity contribution < 1.29 is 12.8 Å². The molecule has 0 aliphatic carbocycles. The Kier molecular flexibility index (Phi) is 4.59. The van der Waals surface area contributed by atoms with Crippen molar-refractivity contribution in [3.63, 3.8) is 0 Å². The van der Waals surface area contributed by atoms with Crippen LogP contribution < -0.4 is 10.5 Å². The van der Waals surface area contributed by atoms with E-state index in [4.69, 9.17) is 5.14 Å². The molecule has 0 aliphatic heterocycles. The third kappa shape index (κ3) is 4.84. The van der Waals surface area contributed by atoms with Gasteiger partial charge in [-0.1, -0.05) is 18.2 Å². The maximum Gasteiger partial charge on any atom is 0.213 e. The number of nitrogens with two attached hydrogens (primary N) is 1. The van der Waals surface area contributed by atoms with E-state index in [1.54, 1.807) is 30.3 Å². The SMILES string of the molecule is Cc1ccc(F)cc1CNc1ccc(CS(N)(=O)=O)cc1. The van der Waals surface area contributed by atoms with Crippen LogP contribution in [0.25, 0.3) is 0 Å². The maximum absolute atomic E-state index is 13.2. The molecule has 3 N–H and O–H groups in total. The number of anilines is 1. The maximum atomic E-state index is 13.2. The van der Waals surface area contributed by atoms with Crippen LogP contribution >= 0.6 is 0 Å². The number of hydrogen-bond acceptors (Lipinski definition) is 3. The molecule has 0 bridgehead atoms. The van der Waals surface area contributed by atoms with Gasteiger partial charge in [-0.05, 0) is 47.9 Å². The van der Waals surface area contributed by atoms with Gasteiger partial charge in [0.15, 0.2) is 0 Å². The van der Waals surface area contributed by atoms with Crippen molar-refractivity contribution in [1.82, 2.24) is 0 Å². The molecule has 0 aliphatic rings. The first-order valence-corrected chi connectivity index (χ1v) is 8.13. The van der Waals surface area contributed by atoms with E-state index in [-0.39, 0.29) is 11.6 Å². The number of nitrogens with one attached hydrogen (secondary N) is 1. The summed E-state index contributed by atoms with van der Waals surface area (Å²) in [5, 5.41) is 8.16. The minimum absolute atomic E-state index is 0.184. The Labute approximate surface area is 123 Å². The van der Waals surface area contributed by atoms with Gasteiger partial charge in [-0.15, -0.1) is 0 Å². The number of sulfonamides is 1. The van der Waals surface area contributed by atoms with Crippen LogP contribution in [-0.2, 0) is 22.3 Å². The van der Waals surface area contributed by atoms with Gasteiger partial charge in [0.05, 0.1) is 5.75 Å². The minimum Gasteiger partial charge on any atom is -0.381 e. The van der Waals surface area contributed by atoms with E-state index in [1.807, 2.05) is 6.92 Å². The predicted molar refractivity (Wildman–Crippen MR) is 81.7 cm³/mol. The molecule has 0 fully saturated rings. The summed E-state index contributed by atoms with van der Waals surface area (Å²) >= 11 is 0. The van der Waals surface area contributed by atoms with Crippen LogP contribution in [0.5, 0.6) is 0 Å². The largest absolute Gasteiger partial charge is 0.381 e. The van der Waals surface area contributed by atoms with Crippen LogP contribution in [0.15, 0.2) is 42.5 Å². The van der Waals surface area contributed by atoms with Crippen molar-refractivity contribution in [3.8, 4) is 0 Å². The molecule has 2 rings (SSSR count). The van der Waals surface area contributed by atoms with Gasteiger partial charge in [0, 0.05) is 12.2 Å². The highest BCUT2D eigenvalue weighted by atomic mass is 32.2. The molecule has 4 nitrogen and oxygen atoms in total. The fourth-order valence-electron chi connectivity index (χ4n) is 1.98. The average molecular weight is 308 g/mol. The quantitative estimate of drug-likeness (QED) is 0.891. The highest BCUT2D eigenvalue weighted by molar-refractivity contribution is 7.88. The zero-order valence-electron chi connectivity index (χ0n) is 11.6. The van der Waals surface area contributed by atoms with Crippen molar-refractivity contribution >= 4 is 15.7 Å². The lowest BCUT2D eigenvalue weighted by atomic mass is 10.1. The summed E-state index contributed by atoms with van der Waals surface area (Å²) in [5.74, 6) is -0.447. The minimum atomic E-state index is -3.52. The first kappa shape index (κ1) is 15.5. The van der Waals surface area contributed by atoms with Gasteiger partial charge >= 0.3 is 0 Å². The Hall–Kier alpha value is -1.92. The molecular formula is C15H17FN2O2S. The lowest BCUT2D eigenvalue weighted by Gasteiger charge is -2.10. The Morgan fingerprint density at radius 2 is 1.81 bits per heavy atom. The second-order valence-electron chi connectivity index (χ2n) is 4.93. The van der Waals surface area contributed by atoms with Gasteiger partial charge in [-0.2, -0.15) is 0 Å². The van der Waals surface area contributed by atoms with Crippen LogP contribution in [0.2, 0.25) is 0 Å². The van der Waals surface area contributed by atoms with E-state index in [0.29, 0.717) is 12.1 Å². The molecule has 0 unspecified atom stereocenters. The van der Waals surface area contributed by atoms with Gasteiger partial charge in [0.1, 0.15) is 5.82 Å². The fourth-order valence-corrected chi connectivity index (χ4v) is 2.64. The molecule has 0 atom stereocenters. The van der Waals surface area contributed by atoms with Crippen molar-refractivity contribution in [2.75, 3.05) is 5.32 Å². The number of rotatable bonds is 5. The van der Waals surface area contributed by atoms with Crippen molar-refractivity contribution in [2.45, 2.75) is 19.2 Å². The summed E-state index contributed by atoms with van der Waals surface area (Å²) in [6.07, 6.45) is 0. The molecule has 0 saturated carbocycles. The molecule has 21 heavy (non-hydrogen) atoms. The van der Waals surface area contributed by atoms with Crippen LogP contribution in [0.4, 0.5) is 10.1 Å². The molecule has 0 amide bonds. The first-order chi connectivity index (χ1) is 9.83. The standard InChI is InChI=1S/C15H17FN2O2S/c1-11-2-5-14(16)8-13(11)9-18-15-6-3-12(4-7-15)10-21(17,19)20/h2-8,18H,9-10H2,1H3,(H2,17,19,20).